The van der Waals surface area contributed by atoms with Crippen LogP contribution >= 0.6 is 0 Å². The molecule has 0 fully saturated rings. The minimum absolute atomic E-state index is 0.0123. The summed E-state index contributed by atoms with van der Waals surface area (Å²) in [7, 11) is 0. The van der Waals surface area contributed by atoms with E-state index in [1.807, 2.05) is 34.6 Å². The maximum atomic E-state index is 11.8. The first-order valence-corrected chi connectivity index (χ1v) is 5.44. The Labute approximate surface area is 96.8 Å². The summed E-state index contributed by atoms with van der Waals surface area (Å²) in [5.74, 6) is -0.894. The highest BCUT2D eigenvalue weighted by molar-refractivity contribution is 5.76. The number of carboxylic acid groups (broad SMARTS) is 1. The third-order valence-electron chi connectivity index (χ3n) is 1.93. The highest BCUT2D eigenvalue weighted by Gasteiger charge is 2.21. The number of rotatable bonds is 4. The standard InChI is InChI=1S/C11H22N2O3/c1-8(2)13(7-6-9(14)15)10(16)12-11(3,4)5/h8H,6-7H2,1-5H3,(H,12,16)(H,14,15). The Morgan fingerprint density at radius 3 is 2.12 bits per heavy atom. The van der Waals surface area contributed by atoms with Gasteiger partial charge in [-0.05, 0) is 34.6 Å². The average Bonchev–Trinajstić information content (AvgIpc) is 1.98. The molecule has 16 heavy (non-hydrogen) atoms. The highest BCUT2D eigenvalue weighted by Crippen LogP contribution is 2.05. The second-order valence-electron chi connectivity index (χ2n) is 5.11. The maximum absolute atomic E-state index is 11.8. The van der Waals surface area contributed by atoms with E-state index in [0.717, 1.165) is 0 Å². The van der Waals surface area contributed by atoms with Crippen molar-refractivity contribution in [2.24, 2.45) is 0 Å². The maximum Gasteiger partial charge on any atom is 0.318 e. The molecule has 0 heterocycles. The molecule has 0 aromatic heterocycles. The van der Waals surface area contributed by atoms with Gasteiger partial charge in [-0.25, -0.2) is 4.79 Å². The normalized spacial score (nSPS) is 11.4. The molecule has 0 aliphatic heterocycles. The van der Waals surface area contributed by atoms with Crippen molar-refractivity contribution in [3.8, 4) is 0 Å². The topological polar surface area (TPSA) is 69.6 Å². The van der Waals surface area contributed by atoms with E-state index in [9.17, 15) is 9.59 Å². The lowest BCUT2D eigenvalue weighted by atomic mass is 10.1. The zero-order valence-electron chi connectivity index (χ0n) is 10.7. The van der Waals surface area contributed by atoms with Gasteiger partial charge in [-0.2, -0.15) is 0 Å². The monoisotopic (exact) mass is 230 g/mol. The van der Waals surface area contributed by atoms with E-state index < -0.39 is 5.97 Å². The van der Waals surface area contributed by atoms with Crippen molar-refractivity contribution >= 4 is 12.0 Å². The SMILES string of the molecule is CC(C)N(CCC(=O)O)C(=O)NC(C)(C)C. The molecule has 0 atom stereocenters. The molecular weight excluding hydrogens is 208 g/mol. The molecule has 0 saturated carbocycles. The number of nitrogens with zero attached hydrogens (tertiary/aromatic N) is 1. The highest BCUT2D eigenvalue weighted by atomic mass is 16.4. The van der Waals surface area contributed by atoms with E-state index in [-0.39, 0.29) is 30.6 Å². The number of carbonyl (C=O) groups excluding carboxylic acids is 1. The van der Waals surface area contributed by atoms with Crippen LogP contribution in [0.25, 0.3) is 0 Å². The van der Waals surface area contributed by atoms with Crippen LogP contribution in [-0.2, 0) is 4.79 Å². The number of carboxylic acids is 1. The van der Waals surface area contributed by atoms with Crippen LogP contribution in [0, 0.1) is 0 Å². The minimum atomic E-state index is -0.894. The molecule has 5 heteroatoms. The molecule has 0 aliphatic carbocycles. The molecule has 0 saturated heterocycles. The Morgan fingerprint density at radius 1 is 1.31 bits per heavy atom. The van der Waals surface area contributed by atoms with Crippen LogP contribution in [0.15, 0.2) is 0 Å². The smallest absolute Gasteiger partial charge is 0.318 e. The molecule has 5 nitrogen and oxygen atoms in total. The van der Waals surface area contributed by atoms with Crippen LogP contribution in [0.1, 0.15) is 41.0 Å². The lowest BCUT2D eigenvalue weighted by molar-refractivity contribution is -0.137. The van der Waals surface area contributed by atoms with E-state index in [4.69, 9.17) is 5.11 Å². The number of amides is 2. The molecule has 0 rings (SSSR count). The molecule has 0 bridgehead atoms. The summed E-state index contributed by atoms with van der Waals surface area (Å²) < 4.78 is 0. The van der Waals surface area contributed by atoms with Gasteiger partial charge < -0.3 is 15.3 Å². The van der Waals surface area contributed by atoms with Crippen molar-refractivity contribution in [1.82, 2.24) is 10.2 Å². The Bertz CT molecular complexity index is 256. The number of nitrogens with one attached hydrogen (secondary N) is 1. The largest absolute Gasteiger partial charge is 0.481 e. The van der Waals surface area contributed by atoms with Crippen LogP contribution in [0.4, 0.5) is 4.79 Å². The number of hydrogen-bond acceptors (Lipinski definition) is 2. The van der Waals surface area contributed by atoms with Crippen molar-refractivity contribution in [2.75, 3.05) is 6.54 Å². The third-order valence-corrected chi connectivity index (χ3v) is 1.93. The van der Waals surface area contributed by atoms with Gasteiger partial charge in [0.05, 0.1) is 6.42 Å². The molecule has 94 valence electrons. The van der Waals surface area contributed by atoms with Crippen LogP contribution in [0.5, 0.6) is 0 Å². The number of carbonyl (C=O) groups is 2. The molecule has 0 aliphatic rings. The molecule has 2 N–H and O–H groups in total. The van der Waals surface area contributed by atoms with Gasteiger partial charge in [-0.15, -0.1) is 0 Å². The van der Waals surface area contributed by atoms with Crippen LogP contribution in [0.3, 0.4) is 0 Å². The Kier molecular flexibility index (Phi) is 5.27. The van der Waals surface area contributed by atoms with Gasteiger partial charge in [0, 0.05) is 18.1 Å². The van der Waals surface area contributed by atoms with Gasteiger partial charge in [0.2, 0.25) is 0 Å². The fourth-order valence-corrected chi connectivity index (χ4v) is 1.20. The first-order valence-electron chi connectivity index (χ1n) is 5.44. The van der Waals surface area contributed by atoms with Gasteiger partial charge in [0.1, 0.15) is 0 Å². The van der Waals surface area contributed by atoms with E-state index in [2.05, 4.69) is 5.32 Å². The van der Waals surface area contributed by atoms with Crippen LogP contribution in [-0.4, -0.2) is 40.1 Å². The Balaban J connectivity index is 4.42. The first-order chi connectivity index (χ1) is 7.13. The minimum Gasteiger partial charge on any atom is -0.481 e. The number of aliphatic carboxylic acids is 1. The summed E-state index contributed by atoms with van der Waals surface area (Å²) in [6.07, 6.45) is -0.0320. The molecule has 2 amide bonds. The second-order valence-corrected chi connectivity index (χ2v) is 5.11. The first kappa shape index (κ1) is 14.7. The van der Waals surface area contributed by atoms with Crippen molar-refractivity contribution in [1.29, 1.82) is 0 Å². The van der Waals surface area contributed by atoms with Crippen molar-refractivity contribution < 1.29 is 14.7 Å². The quantitative estimate of drug-likeness (QED) is 0.772. The molecular formula is C11H22N2O3. The fourth-order valence-electron chi connectivity index (χ4n) is 1.20. The fraction of sp³-hybridized carbons (Fsp3) is 0.818. The average molecular weight is 230 g/mol. The van der Waals surface area contributed by atoms with Gasteiger partial charge >= 0.3 is 12.0 Å². The molecule has 0 spiro atoms. The van der Waals surface area contributed by atoms with Crippen LogP contribution < -0.4 is 5.32 Å². The molecule has 0 aromatic carbocycles. The summed E-state index contributed by atoms with van der Waals surface area (Å²) in [6.45, 7) is 9.63. The molecule has 0 unspecified atom stereocenters. The zero-order valence-corrected chi connectivity index (χ0v) is 10.7. The van der Waals surface area contributed by atoms with Crippen molar-refractivity contribution in [2.45, 2.75) is 52.6 Å². The van der Waals surface area contributed by atoms with E-state index in [1.54, 1.807) is 0 Å². The van der Waals surface area contributed by atoms with Crippen molar-refractivity contribution in [3.05, 3.63) is 0 Å². The summed E-state index contributed by atoms with van der Waals surface area (Å²) in [4.78, 5) is 23.8. The van der Waals surface area contributed by atoms with Gasteiger partial charge in [0.25, 0.3) is 0 Å². The molecule has 0 radical (unpaired) electrons. The van der Waals surface area contributed by atoms with E-state index >= 15 is 0 Å². The Hall–Kier alpha value is -1.26. The van der Waals surface area contributed by atoms with Gasteiger partial charge in [0.15, 0.2) is 0 Å². The summed E-state index contributed by atoms with van der Waals surface area (Å²) >= 11 is 0. The van der Waals surface area contributed by atoms with E-state index in [0.29, 0.717) is 0 Å². The zero-order chi connectivity index (χ0) is 12.9. The predicted molar refractivity (Wildman–Crippen MR) is 62.4 cm³/mol. The predicted octanol–water partition coefficient (Wildman–Crippen LogP) is 1.68. The van der Waals surface area contributed by atoms with Gasteiger partial charge in [-0.3, -0.25) is 4.79 Å². The van der Waals surface area contributed by atoms with E-state index in [1.165, 1.54) is 4.90 Å². The third kappa shape index (κ3) is 6.27. The number of urea groups is 1. The van der Waals surface area contributed by atoms with Gasteiger partial charge in [-0.1, -0.05) is 0 Å². The van der Waals surface area contributed by atoms with Crippen molar-refractivity contribution in [3.63, 3.8) is 0 Å². The Morgan fingerprint density at radius 2 is 1.81 bits per heavy atom. The second kappa shape index (κ2) is 5.72. The summed E-state index contributed by atoms with van der Waals surface area (Å²) in [5.41, 5.74) is -0.312. The lowest BCUT2D eigenvalue weighted by Crippen LogP contribution is -2.51. The molecule has 0 aromatic rings. The number of hydrogen-bond donors (Lipinski definition) is 2. The lowest BCUT2D eigenvalue weighted by Gasteiger charge is -2.30. The summed E-state index contributed by atoms with van der Waals surface area (Å²) in [6, 6.07) is -0.231. The summed E-state index contributed by atoms with van der Waals surface area (Å²) in [5, 5.41) is 11.4. The van der Waals surface area contributed by atoms with Crippen LogP contribution in [0.2, 0.25) is 0 Å².